The lowest BCUT2D eigenvalue weighted by atomic mass is 10.1. The fourth-order valence-corrected chi connectivity index (χ4v) is 2.61. The molecular formula is C17H12BrClN2. The van der Waals surface area contributed by atoms with Crippen LogP contribution in [0.2, 0.25) is 5.15 Å². The van der Waals surface area contributed by atoms with E-state index in [1.807, 2.05) is 54.6 Å². The molecule has 0 N–H and O–H groups in total. The summed E-state index contributed by atoms with van der Waals surface area (Å²) >= 11 is 9.73. The van der Waals surface area contributed by atoms with Crippen LogP contribution in [0.25, 0.3) is 22.6 Å². The Balaban J connectivity index is 2.16. The van der Waals surface area contributed by atoms with Crippen molar-refractivity contribution in [3.8, 4) is 22.6 Å². The highest BCUT2D eigenvalue weighted by Gasteiger charge is 2.13. The van der Waals surface area contributed by atoms with Crippen LogP contribution in [0.1, 0.15) is 5.56 Å². The Labute approximate surface area is 137 Å². The van der Waals surface area contributed by atoms with Gasteiger partial charge in [-0.1, -0.05) is 71.8 Å². The number of nitrogens with zero attached hydrogens (tertiary/aromatic N) is 2. The van der Waals surface area contributed by atoms with E-state index >= 15 is 0 Å². The van der Waals surface area contributed by atoms with Gasteiger partial charge in [0.2, 0.25) is 0 Å². The number of aryl methyl sites for hydroxylation is 1. The molecule has 0 bridgehead atoms. The fourth-order valence-electron chi connectivity index (χ4n) is 2.04. The maximum Gasteiger partial charge on any atom is 0.161 e. The zero-order chi connectivity index (χ0) is 14.8. The van der Waals surface area contributed by atoms with Crippen molar-refractivity contribution < 1.29 is 0 Å². The molecule has 0 spiro atoms. The second kappa shape index (κ2) is 5.96. The molecule has 0 radical (unpaired) electrons. The summed E-state index contributed by atoms with van der Waals surface area (Å²) in [4.78, 5) is 9.03. The second-order valence-corrected chi connectivity index (χ2v) is 5.88. The van der Waals surface area contributed by atoms with E-state index < -0.39 is 0 Å². The maximum absolute atomic E-state index is 6.25. The van der Waals surface area contributed by atoms with Crippen molar-refractivity contribution in [1.82, 2.24) is 9.97 Å². The Morgan fingerprint density at radius 1 is 0.857 bits per heavy atom. The first-order chi connectivity index (χ1) is 10.1. The van der Waals surface area contributed by atoms with E-state index in [1.54, 1.807) is 0 Å². The third kappa shape index (κ3) is 2.99. The molecule has 0 amide bonds. The van der Waals surface area contributed by atoms with Gasteiger partial charge < -0.3 is 0 Å². The monoisotopic (exact) mass is 358 g/mol. The molecule has 1 aromatic heterocycles. The highest BCUT2D eigenvalue weighted by molar-refractivity contribution is 9.10. The molecule has 0 saturated heterocycles. The summed E-state index contributed by atoms with van der Waals surface area (Å²) in [5.41, 5.74) is 3.95. The zero-order valence-electron chi connectivity index (χ0n) is 11.3. The van der Waals surface area contributed by atoms with Gasteiger partial charge in [0.25, 0.3) is 0 Å². The number of aromatic nitrogens is 2. The first-order valence-corrected chi connectivity index (χ1v) is 7.68. The van der Waals surface area contributed by atoms with Crippen molar-refractivity contribution in [1.29, 1.82) is 0 Å². The Bertz CT molecular complexity index is 771. The minimum Gasteiger partial charge on any atom is -0.227 e. The molecule has 3 rings (SSSR count). The molecular weight excluding hydrogens is 348 g/mol. The molecule has 0 saturated carbocycles. The fraction of sp³-hybridized carbons (Fsp3) is 0.0588. The Kier molecular flexibility index (Phi) is 4.04. The second-order valence-electron chi connectivity index (χ2n) is 4.73. The summed E-state index contributed by atoms with van der Waals surface area (Å²) in [5, 5.41) is 0.416. The highest BCUT2D eigenvalue weighted by atomic mass is 79.9. The number of hydrogen-bond acceptors (Lipinski definition) is 2. The zero-order valence-corrected chi connectivity index (χ0v) is 13.7. The molecule has 1 heterocycles. The lowest BCUT2D eigenvalue weighted by molar-refractivity contribution is 1.16. The molecule has 21 heavy (non-hydrogen) atoms. The standard InChI is InChI=1S/C17H12BrClN2/c1-11-7-9-13(10-8-11)17-20-15(14(18)16(19)21-17)12-5-3-2-4-6-12/h2-10H,1H3. The lowest BCUT2D eigenvalue weighted by Gasteiger charge is -2.08. The Morgan fingerprint density at radius 3 is 2.19 bits per heavy atom. The number of hydrogen-bond donors (Lipinski definition) is 0. The molecule has 104 valence electrons. The molecule has 0 aliphatic rings. The van der Waals surface area contributed by atoms with Crippen LogP contribution in [-0.4, -0.2) is 9.97 Å². The minimum atomic E-state index is 0.416. The van der Waals surface area contributed by atoms with Crippen molar-refractivity contribution in [3.05, 3.63) is 69.8 Å². The summed E-state index contributed by atoms with van der Waals surface area (Å²) in [6, 6.07) is 18.0. The van der Waals surface area contributed by atoms with Crippen molar-refractivity contribution in [2.45, 2.75) is 6.92 Å². The summed E-state index contributed by atoms with van der Waals surface area (Å²) < 4.78 is 0.714. The largest absolute Gasteiger partial charge is 0.227 e. The van der Waals surface area contributed by atoms with E-state index in [-0.39, 0.29) is 0 Å². The molecule has 0 unspecified atom stereocenters. The van der Waals surface area contributed by atoms with E-state index in [1.165, 1.54) is 5.56 Å². The average molecular weight is 360 g/mol. The smallest absolute Gasteiger partial charge is 0.161 e. The van der Waals surface area contributed by atoms with Crippen molar-refractivity contribution in [2.24, 2.45) is 0 Å². The van der Waals surface area contributed by atoms with E-state index in [0.29, 0.717) is 15.5 Å². The van der Waals surface area contributed by atoms with Crippen LogP contribution in [0, 0.1) is 6.92 Å². The first kappa shape index (κ1) is 14.2. The first-order valence-electron chi connectivity index (χ1n) is 6.50. The Hall–Kier alpha value is -1.71. The lowest BCUT2D eigenvalue weighted by Crippen LogP contribution is -1.95. The van der Waals surface area contributed by atoms with E-state index in [4.69, 9.17) is 11.6 Å². The molecule has 0 atom stereocenters. The van der Waals surface area contributed by atoms with Gasteiger partial charge in [-0.15, -0.1) is 0 Å². The van der Waals surface area contributed by atoms with E-state index in [2.05, 4.69) is 32.8 Å². The minimum absolute atomic E-state index is 0.416. The van der Waals surface area contributed by atoms with Crippen LogP contribution < -0.4 is 0 Å². The molecule has 2 nitrogen and oxygen atoms in total. The summed E-state index contributed by atoms with van der Waals surface area (Å²) in [5.74, 6) is 0.627. The normalized spacial score (nSPS) is 10.6. The van der Waals surface area contributed by atoms with Gasteiger partial charge in [-0.25, -0.2) is 9.97 Å². The molecule has 3 aromatic rings. The summed E-state index contributed by atoms with van der Waals surface area (Å²) in [6.07, 6.45) is 0. The van der Waals surface area contributed by atoms with Gasteiger partial charge in [-0.3, -0.25) is 0 Å². The van der Waals surface area contributed by atoms with E-state index in [0.717, 1.165) is 16.8 Å². The van der Waals surface area contributed by atoms with Crippen LogP contribution in [0.4, 0.5) is 0 Å². The predicted molar refractivity (Wildman–Crippen MR) is 90.4 cm³/mol. The maximum atomic E-state index is 6.25. The average Bonchev–Trinajstić information content (AvgIpc) is 2.51. The summed E-state index contributed by atoms with van der Waals surface area (Å²) in [6.45, 7) is 2.05. The molecule has 0 fully saturated rings. The van der Waals surface area contributed by atoms with Crippen LogP contribution in [-0.2, 0) is 0 Å². The third-order valence-corrected chi connectivity index (χ3v) is 4.42. The molecule has 4 heteroatoms. The van der Waals surface area contributed by atoms with Crippen molar-refractivity contribution >= 4 is 27.5 Å². The van der Waals surface area contributed by atoms with Gasteiger partial charge in [0.15, 0.2) is 5.82 Å². The SMILES string of the molecule is Cc1ccc(-c2nc(Cl)c(Br)c(-c3ccccc3)n2)cc1. The quantitative estimate of drug-likeness (QED) is 0.562. The van der Waals surface area contributed by atoms with Crippen molar-refractivity contribution in [3.63, 3.8) is 0 Å². The molecule has 0 aliphatic carbocycles. The Morgan fingerprint density at radius 2 is 1.52 bits per heavy atom. The topological polar surface area (TPSA) is 25.8 Å². The van der Waals surface area contributed by atoms with E-state index in [9.17, 15) is 0 Å². The predicted octanol–water partition coefficient (Wildman–Crippen LogP) is 5.53. The number of benzene rings is 2. The molecule has 0 aliphatic heterocycles. The van der Waals surface area contributed by atoms with Crippen LogP contribution in [0.5, 0.6) is 0 Å². The van der Waals surface area contributed by atoms with Crippen molar-refractivity contribution in [2.75, 3.05) is 0 Å². The number of halogens is 2. The van der Waals surface area contributed by atoms with Gasteiger partial charge >= 0.3 is 0 Å². The van der Waals surface area contributed by atoms with Gasteiger partial charge in [-0.2, -0.15) is 0 Å². The van der Waals surface area contributed by atoms with Crippen LogP contribution in [0.15, 0.2) is 59.1 Å². The van der Waals surface area contributed by atoms with Crippen LogP contribution >= 0.6 is 27.5 Å². The van der Waals surface area contributed by atoms with Gasteiger partial charge in [0.05, 0.1) is 10.2 Å². The van der Waals surface area contributed by atoms with Gasteiger partial charge in [0.1, 0.15) is 5.15 Å². The van der Waals surface area contributed by atoms with Gasteiger partial charge in [-0.05, 0) is 22.9 Å². The highest BCUT2D eigenvalue weighted by Crippen LogP contribution is 2.33. The van der Waals surface area contributed by atoms with Crippen LogP contribution in [0.3, 0.4) is 0 Å². The number of rotatable bonds is 2. The third-order valence-electron chi connectivity index (χ3n) is 3.17. The van der Waals surface area contributed by atoms with Gasteiger partial charge in [0, 0.05) is 11.1 Å². The molecule has 2 aromatic carbocycles. The summed E-state index contributed by atoms with van der Waals surface area (Å²) in [7, 11) is 0.